The first-order chi connectivity index (χ1) is 8.65. The predicted octanol–water partition coefficient (Wildman–Crippen LogP) is 3.31. The van der Waals surface area contributed by atoms with Crippen LogP contribution in [0.1, 0.15) is 20.9 Å². The first-order valence-electron chi connectivity index (χ1n) is 5.09. The molecule has 18 heavy (non-hydrogen) atoms. The minimum absolute atomic E-state index is 0.212. The van der Waals surface area contributed by atoms with Crippen LogP contribution in [0.15, 0.2) is 39.2 Å². The highest BCUT2D eigenvalue weighted by Gasteiger charge is 2.16. The van der Waals surface area contributed by atoms with Gasteiger partial charge in [-0.3, -0.25) is 4.79 Å². The Morgan fingerprint density at radius 3 is 2.72 bits per heavy atom. The van der Waals surface area contributed by atoms with Crippen LogP contribution in [-0.4, -0.2) is 19.4 Å². The van der Waals surface area contributed by atoms with Gasteiger partial charge in [-0.05, 0) is 30.3 Å². The lowest BCUT2D eigenvalue weighted by atomic mass is 10.1. The van der Waals surface area contributed by atoms with E-state index in [0.29, 0.717) is 23.2 Å². The number of furan rings is 1. The molecule has 1 aromatic carbocycles. The monoisotopic (exact) mass is 308 g/mol. The van der Waals surface area contributed by atoms with Gasteiger partial charge in [0.05, 0.1) is 12.7 Å². The average molecular weight is 309 g/mol. The Bertz CT molecular complexity index is 601. The van der Waals surface area contributed by atoms with Crippen LogP contribution in [0, 0.1) is 0 Å². The molecule has 0 aliphatic heterocycles. The molecule has 0 radical (unpaired) electrons. The van der Waals surface area contributed by atoms with Gasteiger partial charge in [0, 0.05) is 10.0 Å². The molecule has 0 spiro atoms. The molecule has 0 aliphatic carbocycles. The molecule has 1 aromatic heterocycles. The van der Waals surface area contributed by atoms with E-state index in [0.717, 1.165) is 4.47 Å². The van der Waals surface area contributed by atoms with Gasteiger partial charge in [0.2, 0.25) is 0 Å². The lowest BCUT2D eigenvalue weighted by molar-refractivity contribution is 0.0601. The number of ether oxygens (including phenoxy) is 1. The fourth-order valence-electron chi connectivity index (χ4n) is 1.57. The number of benzene rings is 1. The van der Waals surface area contributed by atoms with Gasteiger partial charge in [0.25, 0.3) is 0 Å². The summed E-state index contributed by atoms with van der Waals surface area (Å²) in [4.78, 5) is 22.3. The second-order valence-corrected chi connectivity index (χ2v) is 4.42. The van der Waals surface area contributed by atoms with Crippen LogP contribution < -0.4 is 0 Å². The molecule has 2 rings (SSSR count). The van der Waals surface area contributed by atoms with Gasteiger partial charge in [0.15, 0.2) is 12.0 Å². The zero-order valence-electron chi connectivity index (χ0n) is 9.48. The second kappa shape index (κ2) is 5.18. The number of aldehydes is 1. The van der Waals surface area contributed by atoms with E-state index < -0.39 is 5.97 Å². The Kier molecular flexibility index (Phi) is 3.62. The highest BCUT2D eigenvalue weighted by molar-refractivity contribution is 9.10. The lowest BCUT2D eigenvalue weighted by Crippen LogP contribution is -2.03. The van der Waals surface area contributed by atoms with E-state index >= 15 is 0 Å². The standard InChI is InChI=1S/C13H9BrO4/c1-17-13(16)11-6-8(14)2-4-10(11)12-5-3-9(7-15)18-12/h2-7H,1H3. The third kappa shape index (κ3) is 2.36. The summed E-state index contributed by atoms with van der Waals surface area (Å²) in [6.07, 6.45) is 0.611. The molecule has 1 heterocycles. The minimum Gasteiger partial charge on any atom is -0.465 e. The maximum Gasteiger partial charge on any atom is 0.338 e. The normalized spacial score (nSPS) is 10.1. The first kappa shape index (κ1) is 12.6. The molecule has 92 valence electrons. The molecule has 0 fully saturated rings. The Labute approximate surface area is 112 Å². The van der Waals surface area contributed by atoms with Gasteiger partial charge in [-0.25, -0.2) is 4.79 Å². The second-order valence-electron chi connectivity index (χ2n) is 3.50. The van der Waals surface area contributed by atoms with E-state index in [9.17, 15) is 9.59 Å². The number of hydrogen-bond donors (Lipinski definition) is 0. The molecule has 0 N–H and O–H groups in total. The van der Waals surface area contributed by atoms with E-state index in [2.05, 4.69) is 15.9 Å². The van der Waals surface area contributed by atoms with Gasteiger partial charge < -0.3 is 9.15 Å². The number of carbonyl (C=O) groups excluding carboxylic acids is 2. The number of methoxy groups -OCH3 is 1. The fourth-order valence-corrected chi connectivity index (χ4v) is 1.93. The van der Waals surface area contributed by atoms with Crippen molar-refractivity contribution in [2.75, 3.05) is 7.11 Å². The number of carbonyl (C=O) groups is 2. The molecular weight excluding hydrogens is 300 g/mol. The first-order valence-corrected chi connectivity index (χ1v) is 5.88. The van der Waals surface area contributed by atoms with Gasteiger partial charge in [0.1, 0.15) is 5.76 Å². The summed E-state index contributed by atoms with van der Waals surface area (Å²) in [7, 11) is 1.31. The van der Waals surface area contributed by atoms with Crippen LogP contribution in [0.4, 0.5) is 0 Å². The Morgan fingerprint density at radius 1 is 1.33 bits per heavy atom. The van der Waals surface area contributed by atoms with Crippen molar-refractivity contribution in [3.8, 4) is 11.3 Å². The molecule has 2 aromatic rings. The van der Waals surface area contributed by atoms with Gasteiger partial charge >= 0.3 is 5.97 Å². The smallest absolute Gasteiger partial charge is 0.338 e. The van der Waals surface area contributed by atoms with Crippen molar-refractivity contribution in [2.24, 2.45) is 0 Å². The van der Waals surface area contributed by atoms with Crippen LogP contribution in [-0.2, 0) is 4.74 Å². The Morgan fingerprint density at radius 2 is 2.11 bits per heavy atom. The van der Waals surface area contributed by atoms with Crippen molar-refractivity contribution >= 4 is 28.2 Å². The third-order valence-corrected chi connectivity index (χ3v) is 2.89. The minimum atomic E-state index is -0.463. The van der Waals surface area contributed by atoms with Crippen LogP contribution in [0.2, 0.25) is 0 Å². The molecule has 0 amide bonds. The van der Waals surface area contributed by atoms with Gasteiger partial charge in [-0.2, -0.15) is 0 Å². The van der Waals surface area contributed by atoms with Crippen molar-refractivity contribution in [1.29, 1.82) is 0 Å². The average Bonchev–Trinajstić information content (AvgIpc) is 2.86. The summed E-state index contributed by atoms with van der Waals surface area (Å²) < 4.78 is 10.8. The maximum absolute atomic E-state index is 11.7. The molecule has 0 unspecified atom stereocenters. The molecule has 0 atom stereocenters. The number of rotatable bonds is 3. The highest BCUT2D eigenvalue weighted by atomic mass is 79.9. The van der Waals surface area contributed by atoms with Crippen LogP contribution in [0.5, 0.6) is 0 Å². The van der Waals surface area contributed by atoms with E-state index in [4.69, 9.17) is 9.15 Å². The summed E-state index contributed by atoms with van der Waals surface area (Å²) in [6.45, 7) is 0. The SMILES string of the molecule is COC(=O)c1cc(Br)ccc1-c1ccc(C=O)o1. The Balaban J connectivity index is 2.55. The number of esters is 1. The van der Waals surface area contributed by atoms with E-state index in [1.807, 2.05) is 0 Å². The summed E-state index contributed by atoms with van der Waals surface area (Å²) >= 11 is 3.29. The van der Waals surface area contributed by atoms with Crippen molar-refractivity contribution in [3.05, 3.63) is 46.1 Å². The van der Waals surface area contributed by atoms with Crippen molar-refractivity contribution in [3.63, 3.8) is 0 Å². The summed E-state index contributed by atoms with van der Waals surface area (Å²) in [5.41, 5.74) is 0.955. The van der Waals surface area contributed by atoms with Crippen molar-refractivity contribution < 1.29 is 18.7 Å². The van der Waals surface area contributed by atoms with Gasteiger partial charge in [-0.1, -0.05) is 15.9 Å². The topological polar surface area (TPSA) is 56.5 Å². The molecule has 5 heteroatoms. The maximum atomic E-state index is 11.7. The zero-order chi connectivity index (χ0) is 13.1. The fraction of sp³-hybridized carbons (Fsp3) is 0.0769. The summed E-state index contributed by atoms with van der Waals surface area (Å²) in [5.74, 6) is 0.198. The van der Waals surface area contributed by atoms with Crippen LogP contribution >= 0.6 is 15.9 Å². The predicted molar refractivity (Wildman–Crippen MR) is 68.6 cm³/mol. The van der Waals surface area contributed by atoms with E-state index in [-0.39, 0.29) is 5.76 Å². The summed E-state index contributed by atoms with van der Waals surface area (Å²) in [6, 6.07) is 8.34. The highest BCUT2D eigenvalue weighted by Crippen LogP contribution is 2.28. The lowest BCUT2D eigenvalue weighted by Gasteiger charge is -2.06. The van der Waals surface area contributed by atoms with Crippen LogP contribution in [0.3, 0.4) is 0 Å². The summed E-state index contributed by atoms with van der Waals surface area (Å²) in [5, 5.41) is 0. The Hall–Kier alpha value is -1.88. The third-order valence-electron chi connectivity index (χ3n) is 2.40. The molecule has 0 bridgehead atoms. The largest absolute Gasteiger partial charge is 0.465 e. The van der Waals surface area contributed by atoms with Crippen molar-refractivity contribution in [1.82, 2.24) is 0 Å². The molecule has 0 aliphatic rings. The van der Waals surface area contributed by atoms with Gasteiger partial charge in [-0.15, -0.1) is 0 Å². The van der Waals surface area contributed by atoms with E-state index in [1.54, 1.807) is 30.3 Å². The molecule has 0 saturated heterocycles. The number of halogens is 1. The quantitative estimate of drug-likeness (QED) is 0.645. The van der Waals surface area contributed by atoms with Crippen LogP contribution in [0.25, 0.3) is 11.3 Å². The zero-order valence-corrected chi connectivity index (χ0v) is 11.1. The number of hydrogen-bond acceptors (Lipinski definition) is 4. The molecule has 0 saturated carbocycles. The van der Waals surface area contributed by atoms with E-state index in [1.165, 1.54) is 7.11 Å². The molecular formula is C13H9BrO4. The molecule has 4 nitrogen and oxygen atoms in total. The van der Waals surface area contributed by atoms with Crippen molar-refractivity contribution in [2.45, 2.75) is 0 Å².